The van der Waals surface area contributed by atoms with Gasteiger partial charge in [0.2, 0.25) is 0 Å². The van der Waals surface area contributed by atoms with Crippen molar-refractivity contribution >= 4 is 99.0 Å². The van der Waals surface area contributed by atoms with Crippen LogP contribution in [0.5, 0.6) is 0 Å². The van der Waals surface area contributed by atoms with Crippen LogP contribution >= 0.6 is 33.9 Å². The molecule has 0 aliphatic rings. The third-order valence-corrected chi connectivity index (χ3v) is 17.2. The van der Waals surface area contributed by atoms with Gasteiger partial charge in [0, 0.05) is 82.1 Å². The van der Waals surface area contributed by atoms with Gasteiger partial charge in [0.15, 0.2) is 11.6 Å². The van der Waals surface area contributed by atoms with Gasteiger partial charge in [0.25, 0.3) is 39.1 Å². The monoisotopic (exact) mass is 1220 g/mol. The summed E-state index contributed by atoms with van der Waals surface area (Å²) in [5.74, 6) is -0.685. The first-order valence-electron chi connectivity index (χ1n) is 23.1. The van der Waals surface area contributed by atoms with E-state index in [1.165, 1.54) is 73.9 Å². The maximum atomic E-state index is 12.5. The summed E-state index contributed by atoms with van der Waals surface area (Å²) in [6.07, 6.45) is 6.27. The maximum absolute atomic E-state index is 12.5. The van der Waals surface area contributed by atoms with Crippen LogP contribution in [0.1, 0.15) is 69.9 Å². The second-order valence-corrected chi connectivity index (χ2v) is 25.3. The molecule has 0 aliphatic carbocycles. The van der Waals surface area contributed by atoms with E-state index in [4.69, 9.17) is 39.0 Å². The van der Waals surface area contributed by atoms with E-state index in [0.717, 1.165) is 30.2 Å². The molecule has 3 radical (unpaired) electrons. The van der Waals surface area contributed by atoms with Gasteiger partial charge < -0.3 is 16.3 Å². The number of rotatable bonds is 13. The number of hydrogen-bond acceptors (Lipinski definition) is 13. The van der Waals surface area contributed by atoms with Gasteiger partial charge in [-0.2, -0.15) is 0 Å². The Hall–Kier alpha value is -5.90. The zero-order chi connectivity index (χ0) is 58.4. The molecule has 0 fully saturated rings. The Kier molecular flexibility index (Phi) is 30.4. The molecule has 4 heterocycles. The molecule has 26 heteroatoms. The molecule has 8 aromatic rings. The van der Waals surface area contributed by atoms with Crippen molar-refractivity contribution in [3.05, 3.63) is 215 Å². The number of esters is 1. The van der Waals surface area contributed by atoms with Gasteiger partial charge in [-0.3, -0.25) is 14.4 Å². The minimum absolute atomic E-state index is 0. The molecule has 0 atom stereocenters. The van der Waals surface area contributed by atoms with Crippen molar-refractivity contribution in [2.45, 2.75) is 74.0 Å². The number of H-pyrrole nitrogens is 1. The summed E-state index contributed by atoms with van der Waals surface area (Å²) in [5.41, 5.74) is 5.77. The third kappa shape index (κ3) is 21.5. The molecular formula is C54H60BCl3LiN4O13S4. The number of nitrogens with one attached hydrogen (secondary N) is 1. The average molecular weight is 1230 g/mol. The number of aromatic amines is 1. The van der Waals surface area contributed by atoms with E-state index < -0.39 is 45.1 Å². The SMILES string of the molecule is CC(=O)c1ccc[nH]1.CC(=O)c1cccn1S(=O)(=O)c1ccc(C)cc1.COC(=O)Cc1cccn1S(=O)(=O)c1ccc(C)cc1.Cc1ccc(S(=O)(=O)Cl)cc1.Cc1ccc(S(=O)(=O)n2cccc2CCO)cc1.ClCCl.[B].[H-].[Li+]. The summed E-state index contributed by atoms with van der Waals surface area (Å²) in [4.78, 5) is 36.7. The number of halogens is 3. The predicted octanol–water partition coefficient (Wildman–Crippen LogP) is 6.85. The Morgan fingerprint density at radius 1 is 0.537 bits per heavy atom. The molecule has 0 unspecified atom stereocenters. The standard InChI is InChI=1S/C14H15NO4S.C13H13NO3S.C13H15NO3S.C7H7ClO2S.C6H7NO.CH2Cl2.B.Li.H/c1-11-5-7-13(8-6-11)20(17,18)15-9-3-4-12(15)10-14(16)19-2;1-10-5-7-12(8-6-10)18(16,17)14-9-3-4-13(14)11(2)15;1-11-4-6-13(7-5-11)18(16,17)14-9-2-3-12(14)8-10-15;1-6-2-4-7(5-3-6)11(8,9)10;1-5(8)6-3-2-4-7-6;2-1-3;;;/h3-9H,10H2,1-2H3;3-9H,1-2H3;2-7,9,15H,8,10H2,1H3;2-5H,1H3;2-4,7H,1H3;1H2;;;/q;;;;;;;+1;-1. The molecule has 2 N–H and O–H groups in total. The Morgan fingerprint density at radius 3 is 1.21 bits per heavy atom. The van der Waals surface area contributed by atoms with Gasteiger partial charge in [-0.1, -0.05) is 70.8 Å². The molecule has 0 saturated heterocycles. The van der Waals surface area contributed by atoms with Gasteiger partial charge >= 0.3 is 24.8 Å². The minimum atomic E-state index is -3.69. The van der Waals surface area contributed by atoms with Gasteiger partial charge in [0.1, 0.15) is 0 Å². The molecule has 0 bridgehead atoms. The zero-order valence-corrected chi connectivity index (χ0v) is 50.6. The number of aryl methyl sites for hydroxylation is 4. The third-order valence-electron chi connectivity index (χ3n) is 10.6. The summed E-state index contributed by atoms with van der Waals surface area (Å²) in [6, 6.07) is 39.3. The van der Waals surface area contributed by atoms with Crippen LogP contribution in [0.3, 0.4) is 0 Å². The van der Waals surface area contributed by atoms with Gasteiger partial charge in [-0.25, -0.2) is 45.6 Å². The van der Waals surface area contributed by atoms with Crippen molar-refractivity contribution in [3.8, 4) is 0 Å². The van der Waals surface area contributed by atoms with Crippen molar-refractivity contribution < 1.29 is 78.2 Å². The van der Waals surface area contributed by atoms with Crippen molar-refractivity contribution in [3.63, 3.8) is 0 Å². The Bertz CT molecular complexity index is 3680. The maximum Gasteiger partial charge on any atom is 1.00 e. The van der Waals surface area contributed by atoms with Gasteiger partial charge in [0.05, 0.1) is 49.8 Å². The molecule has 423 valence electrons. The molecule has 4 aromatic heterocycles. The number of ketones is 2. The Balaban J connectivity index is 0.000000992. The number of methoxy groups -OCH3 is 1. The van der Waals surface area contributed by atoms with Crippen molar-refractivity contribution in [1.29, 1.82) is 0 Å². The van der Waals surface area contributed by atoms with Crippen LogP contribution in [-0.2, 0) is 61.5 Å². The Labute approximate surface area is 498 Å². The van der Waals surface area contributed by atoms with Gasteiger partial charge in [-0.05, 0) is 125 Å². The van der Waals surface area contributed by atoms with Crippen LogP contribution in [0.2, 0.25) is 0 Å². The number of carbonyl (C=O) groups is 3. The van der Waals surface area contributed by atoms with E-state index in [1.807, 2.05) is 27.7 Å². The van der Waals surface area contributed by atoms with Crippen molar-refractivity contribution in [2.75, 3.05) is 19.1 Å². The van der Waals surface area contributed by atoms with E-state index in [9.17, 15) is 48.1 Å². The topological polar surface area (TPSA) is 248 Å². The average Bonchev–Trinajstić information content (AvgIpc) is 4.25. The van der Waals surface area contributed by atoms with Crippen molar-refractivity contribution in [2.24, 2.45) is 0 Å². The second-order valence-electron chi connectivity index (χ2n) is 16.5. The number of hydrogen-bond donors (Lipinski definition) is 2. The summed E-state index contributed by atoms with van der Waals surface area (Å²) in [6.45, 7) is 10.4. The number of aliphatic hydroxyl groups excluding tert-OH is 1. The molecule has 0 aliphatic heterocycles. The normalized spacial score (nSPS) is 10.7. The smallest absolute Gasteiger partial charge is 1.00 e. The Morgan fingerprint density at radius 2 is 0.887 bits per heavy atom. The quantitative estimate of drug-likeness (QED) is 0.0395. The van der Waals surface area contributed by atoms with E-state index in [2.05, 4.69) is 9.72 Å². The summed E-state index contributed by atoms with van der Waals surface area (Å²) >= 11 is 9.53. The number of Topliss-reactive ketones (excluding diaryl/α,β-unsaturated/α-hetero) is 2. The summed E-state index contributed by atoms with van der Waals surface area (Å²) in [7, 11) is -8.14. The van der Waals surface area contributed by atoms with E-state index in [-0.39, 0.29) is 83.9 Å². The number of alkyl halides is 2. The molecule has 4 aromatic carbocycles. The second kappa shape index (κ2) is 33.8. The van der Waals surface area contributed by atoms with E-state index >= 15 is 0 Å². The summed E-state index contributed by atoms with van der Waals surface area (Å²) in [5, 5.41) is 9.12. The first kappa shape index (κ1) is 72.1. The molecule has 80 heavy (non-hydrogen) atoms. The fraction of sp³-hybridized carbons (Fsp3) is 0.204. The number of ether oxygens (including phenoxy) is 1. The van der Waals surface area contributed by atoms with E-state index in [0.29, 0.717) is 23.5 Å². The summed E-state index contributed by atoms with van der Waals surface area (Å²) < 4.78 is 104. The first-order valence-corrected chi connectivity index (χ1v) is 30.8. The number of aliphatic hydroxyl groups is 1. The van der Waals surface area contributed by atoms with Crippen LogP contribution in [0.4, 0.5) is 0 Å². The van der Waals surface area contributed by atoms with Crippen LogP contribution in [-0.4, -0.2) is 101 Å². The predicted molar refractivity (Wildman–Crippen MR) is 310 cm³/mol. The fourth-order valence-electron chi connectivity index (χ4n) is 6.51. The largest absolute Gasteiger partial charge is 1.00 e. The van der Waals surface area contributed by atoms with Crippen LogP contribution < -0.4 is 18.9 Å². The first-order chi connectivity index (χ1) is 36.6. The number of carbonyl (C=O) groups excluding carboxylic acids is 3. The number of nitrogens with zero attached hydrogens (tertiary/aromatic N) is 3. The molecule has 17 nitrogen and oxygen atoms in total. The van der Waals surface area contributed by atoms with Crippen LogP contribution in [0.25, 0.3) is 0 Å². The zero-order valence-electron chi connectivity index (χ0n) is 46.0. The number of aromatic nitrogens is 4. The van der Waals surface area contributed by atoms with E-state index in [1.54, 1.807) is 121 Å². The molecule has 0 amide bonds. The number of benzene rings is 4. The van der Waals surface area contributed by atoms with Crippen LogP contribution in [0.15, 0.2) is 190 Å². The van der Waals surface area contributed by atoms with Crippen molar-refractivity contribution in [1.82, 2.24) is 16.9 Å². The molecule has 8 rings (SSSR count). The minimum Gasteiger partial charge on any atom is -1.00 e. The molecule has 0 spiro atoms. The van der Waals surface area contributed by atoms with Crippen LogP contribution in [0, 0.1) is 27.7 Å². The molecular weight excluding hydrogens is 1160 g/mol. The van der Waals surface area contributed by atoms with Gasteiger partial charge in [-0.15, -0.1) is 23.2 Å². The fourth-order valence-corrected chi connectivity index (χ4v) is 11.4. The molecule has 0 saturated carbocycles.